The summed E-state index contributed by atoms with van der Waals surface area (Å²) in [6, 6.07) is 8.23. The topological polar surface area (TPSA) is 41.2 Å². The quantitative estimate of drug-likeness (QED) is 0.897. The molecule has 0 spiro atoms. The standard InChI is InChI=1S/C14H19N3O/c1-17(9-11-5-4-8-18-11)10-14-12-6-2-3-7-13(12)15-16-14/h2-3,6-7,11H,4-5,8-10H2,1H3,(H,15,16). The highest BCUT2D eigenvalue weighted by Crippen LogP contribution is 2.18. The van der Waals surface area contributed by atoms with Gasteiger partial charge in [-0.15, -0.1) is 0 Å². The Morgan fingerprint density at radius 2 is 2.33 bits per heavy atom. The number of hydrogen-bond acceptors (Lipinski definition) is 3. The Kier molecular flexibility index (Phi) is 3.30. The molecular formula is C14H19N3O. The van der Waals surface area contributed by atoms with Crippen LogP contribution in [0, 0.1) is 0 Å². The third-order valence-electron chi connectivity index (χ3n) is 3.51. The van der Waals surface area contributed by atoms with Crippen molar-refractivity contribution in [3.63, 3.8) is 0 Å². The van der Waals surface area contributed by atoms with Crippen LogP contribution in [0.25, 0.3) is 10.9 Å². The minimum atomic E-state index is 0.407. The van der Waals surface area contributed by atoms with Gasteiger partial charge in [-0.1, -0.05) is 18.2 Å². The van der Waals surface area contributed by atoms with Gasteiger partial charge in [-0.25, -0.2) is 0 Å². The number of H-pyrrole nitrogens is 1. The SMILES string of the molecule is CN(Cc1[nH]nc2ccccc12)CC1CCCO1. The lowest BCUT2D eigenvalue weighted by Gasteiger charge is -2.19. The number of hydrogen-bond donors (Lipinski definition) is 1. The molecule has 1 aliphatic heterocycles. The molecule has 1 unspecified atom stereocenters. The van der Waals surface area contributed by atoms with Crippen molar-refractivity contribution in [3.05, 3.63) is 30.0 Å². The third kappa shape index (κ3) is 2.40. The van der Waals surface area contributed by atoms with E-state index < -0.39 is 0 Å². The number of aromatic amines is 1. The van der Waals surface area contributed by atoms with Gasteiger partial charge in [-0.2, -0.15) is 5.10 Å². The number of fused-ring (bicyclic) bond motifs is 1. The molecule has 96 valence electrons. The van der Waals surface area contributed by atoms with Crippen LogP contribution in [0.15, 0.2) is 24.3 Å². The Morgan fingerprint density at radius 1 is 1.44 bits per heavy atom. The zero-order valence-corrected chi connectivity index (χ0v) is 10.7. The van der Waals surface area contributed by atoms with Gasteiger partial charge in [0.05, 0.1) is 17.3 Å². The van der Waals surface area contributed by atoms with E-state index in [1.165, 1.54) is 23.9 Å². The summed E-state index contributed by atoms with van der Waals surface area (Å²) in [5, 5.41) is 8.68. The van der Waals surface area contributed by atoms with E-state index in [9.17, 15) is 0 Å². The van der Waals surface area contributed by atoms with Crippen LogP contribution in [-0.2, 0) is 11.3 Å². The summed E-state index contributed by atoms with van der Waals surface area (Å²) in [5.41, 5.74) is 2.23. The molecule has 0 radical (unpaired) electrons. The molecule has 1 aliphatic rings. The Balaban J connectivity index is 1.67. The van der Waals surface area contributed by atoms with Gasteiger partial charge in [0.2, 0.25) is 0 Å². The van der Waals surface area contributed by atoms with E-state index >= 15 is 0 Å². The molecule has 18 heavy (non-hydrogen) atoms. The summed E-state index contributed by atoms with van der Waals surface area (Å²) in [6.45, 7) is 2.80. The molecule has 0 saturated carbocycles. The number of nitrogens with one attached hydrogen (secondary N) is 1. The highest BCUT2D eigenvalue weighted by atomic mass is 16.5. The van der Waals surface area contributed by atoms with Crippen molar-refractivity contribution >= 4 is 10.9 Å². The number of rotatable bonds is 4. The molecule has 2 aromatic rings. The smallest absolute Gasteiger partial charge is 0.0924 e. The molecule has 0 bridgehead atoms. The second-order valence-corrected chi connectivity index (χ2v) is 5.05. The van der Waals surface area contributed by atoms with Gasteiger partial charge >= 0.3 is 0 Å². The lowest BCUT2D eigenvalue weighted by molar-refractivity contribution is 0.0791. The van der Waals surface area contributed by atoms with Crippen LogP contribution < -0.4 is 0 Å². The lowest BCUT2D eigenvalue weighted by Crippen LogP contribution is -2.28. The molecule has 1 saturated heterocycles. The van der Waals surface area contributed by atoms with Crippen LogP contribution in [0.1, 0.15) is 18.5 Å². The van der Waals surface area contributed by atoms with Crippen molar-refractivity contribution in [2.45, 2.75) is 25.5 Å². The first-order valence-corrected chi connectivity index (χ1v) is 6.55. The van der Waals surface area contributed by atoms with Crippen molar-refractivity contribution in [2.75, 3.05) is 20.2 Å². The molecule has 0 aliphatic carbocycles. The van der Waals surface area contributed by atoms with Gasteiger partial charge in [0.25, 0.3) is 0 Å². The summed E-state index contributed by atoms with van der Waals surface area (Å²) < 4.78 is 5.66. The van der Waals surface area contributed by atoms with Gasteiger partial charge in [0, 0.05) is 25.1 Å². The van der Waals surface area contributed by atoms with Crippen LogP contribution in [0.5, 0.6) is 0 Å². The Hall–Kier alpha value is -1.39. The molecular weight excluding hydrogens is 226 g/mol. The van der Waals surface area contributed by atoms with Gasteiger partial charge < -0.3 is 4.74 Å². The molecule has 1 fully saturated rings. The van der Waals surface area contributed by atoms with E-state index in [4.69, 9.17) is 4.74 Å². The first-order valence-electron chi connectivity index (χ1n) is 6.55. The van der Waals surface area contributed by atoms with Crippen LogP contribution in [0.3, 0.4) is 0 Å². The average Bonchev–Trinajstić information content (AvgIpc) is 3.00. The largest absolute Gasteiger partial charge is 0.377 e. The maximum absolute atomic E-state index is 5.66. The van der Waals surface area contributed by atoms with Crippen molar-refractivity contribution < 1.29 is 4.74 Å². The number of aromatic nitrogens is 2. The van der Waals surface area contributed by atoms with E-state index in [2.05, 4.69) is 34.3 Å². The summed E-state index contributed by atoms with van der Waals surface area (Å²) in [4.78, 5) is 2.30. The number of para-hydroxylation sites is 1. The molecule has 4 nitrogen and oxygen atoms in total. The second kappa shape index (κ2) is 5.08. The number of benzene rings is 1. The molecule has 1 atom stereocenters. The molecule has 3 rings (SSSR count). The number of likely N-dealkylation sites (N-methyl/N-ethyl adjacent to an activating group) is 1. The average molecular weight is 245 g/mol. The predicted octanol–water partition coefficient (Wildman–Crippen LogP) is 2.17. The van der Waals surface area contributed by atoms with E-state index in [1.54, 1.807) is 0 Å². The van der Waals surface area contributed by atoms with E-state index in [1.807, 2.05) is 12.1 Å². The maximum atomic E-state index is 5.66. The van der Waals surface area contributed by atoms with Crippen molar-refractivity contribution in [1.29, 1.82) is 0 Å². The molecule has 1 aromatic heterocycles. The summed E-state index contributed by atoms with van der Waals surface area (Å²) in [5.74, 6) is 0. The van der Waals surface area contributed by atoms with Crippen molar-refractivity contribution in [2.24, 2.45) is 0 Å². The minimum absolute atomic E-state index is 0.407. The van der Waals surface area contributed by atoms with Crippen LogP contribution in [-0.4, -0.2) is 41.4 Å². The molecule has 0 amide bonds. The number of ether oxygens (including phenoxy) is 1. The third-order valence-corrected chi connectivity index (χ3v) is 3.51. The minimum Gasteiger partial charge on any atom is -0.377 e. The first kappa shape index (κ1) is 11.7. The molecule has 1 aromatic carbocycles. The van der Waals surface area contributed by atoms with Gasteiger partial charge in [0.1, 0.15) is 0 Å². The molecule has 4 heteroatoms. The lowest BCUT2D eigenvalue weighted by atomic mass is 10.2. The normalized spacial score (nSPS) is 20.0. The fraction of sp³-hybridized carbons (Fsp3) is 0.500. The van der Waals surface area contributed by atoms with Crippen LogP contribution in [0.2, 0.25) is 0 Å². The Bertz CT molecular complexity index is 516. The molecule has 2 heterocycles. The van der Waals surface area contributed by atoms with Gasteiger partial charge in [0.15, 0.2) is 0 Å². The zero-order chi connectivity index (χ0) is 12.4. The highest BCUT2D eigenvalue weighted by molar-refractivity contribution is 5.81. The second-order valence-electron chi connectivity index (χ2n) is 5.05. The Morgan fingerprint density at radius 3 is 3.17 bits per heavy atom. The fourth-order valence-corrected chi connectivity index (χ4v) is 2.61. The Labute approximate surface area is 107 Å². The van der Waals surface area contributed by atoms with Crippen molar-refractivity contribution in [3.8, 4) is 0 Å². The van der Waals surface area contributed by atoms with Crippen molar-refractivity contribution in [1.82, 2.24) is 15.1 Å². The predicted molar refractivity (Wildman–Crippen MR) is 71.4 cm³/mol. The summed E-state index contributed by atoms with van der Waals surface area (Å²) in [7, 11) is 2.14. The van der Waals surface area contributed by atoms with Crippen LogP contribution in [0.4, 0.5) is 0 Å². The fourth-order valence-electron chi connectivity index (χ4n) is 2.61. The van der Waals surface area contributed by atoms with E-state index in [-0.39, 0.29) is 0 Å². The van der Waals surface area contributed by atoms with E-state index in [0.717, 1.165) is 25.2 Å². The summed E-state index contributed by atoms with van der Waals surface area (Å²) in [6.07, 6.45) is 2.80. The molecule has 1 N–H and O–H groups in total. The maximum Gasteiger partial charge on any atom is 0.0924 e. The number of nitrogens with zero attached hydrogens (tertiary/aromatic N) is 2. The summed E-state index contributed by atoms with van der Waals surface area (Å²) >= 11 is 0. The van der Waals surface area contributed by atoms with E-state index in [0.29, 0.717) is 6.10 Å². The monoisotopic (exact) mass is 245 g/mol. The van der Waals surface area contributed by atoms with Gasteiger partial charge in [-0.3, -0.25) is 10.00 Å². The van der Waals surface area contributed by atoms with Crippen LogP contribution >= 0.6 is 0 Å². The zero-order valence-electron chi connectivity index (χ0n) is 10.7. The van der Waals surface area contributed by atoms with Gasteiger partial charge in [-0.05, 0) is 26.0 Å². The first-order chi connectivity index (χ1) is 8.83. The highest BCUT2D eigenvalue weighted by Gasteiger charge is 2.18.